The molecule has 0 radical (unpaired) electrons. The number of carboxylic acids is 1. The van der Waals surface area contributed by atoms with Gasteiger partial charge in [-0.15, -0.1) is 0 Å². The van der Waals surface area contributed by atoms with Gasteiger partial charge in [0, 0.05) is 23.7 Å². The highest BCUT2D eigenvalue weighted by Crippen LogP contribution is 2.41. The van der Waals surface area contributed by atoms with Gasteiger partial charge < -0.3 is 15.1 Å². The molecule has 0 fully saturated rings. The number of rotatable bonds is 2. The van der Waals surface area contributed by atoms with Crippen LogP contribution < -0.4 is 4.90 Å². The molecule has 0 atom stereocenters. The minimum Gasteiger partial charge on any atom is -0.507 e. The van der Waals surface area contributed by atoms with E-state index >= 15 is 0 Å². The molecule has 6 heteroatoms. The van der Waals surface area contributed by atoms with Gasteiger partial charge in [0.2, 0.25) is 0 Å². The van der Waals surface area contributed by atoms with Crippen LogP contribution in [0.2, 0.25) is 0 Å². The molecule has 0 aromatic heterocycles. The molecule has 2 aromatic rings. The maximum Gasteiger partial charge on any atom is 0.335 e. The lowest BCUT2D eigenvalue weighted by molar-refractivity contribution is 0.0697. The maximum atomic E-state index is 11.1. The van der Waals surface area contributed by atoms with Gasteiger partial charge in [-0.25, -0.2) is 4.79 Å². The smallest absolute Gasteiger partial charge is 0.335 e. The van der Waals surface area contributed by atoms with E-state index < -0.39 is 10.9 Å². The number of nitrogens with zero attached hydrogens (tertiary/aromatic N) is 1. The molecule has 1 heterocycles. The van der Waals surface area contributed by atoms with E-state index in [9.17, 15) is 9.90 Å². The molecule has 0 saturated heterocycles. The lowest BCUT2D eigenvalue weighted by atomic mass is 9.99. The summed E-state index contributed by atoms with van der Waals surface area (Å²) in [6.45, 7) is 0.642. The quantitative estimate of drug-likeness (QED) is 0.659. The van der Waals surface area contributed by atoms with E-state index in [0.717, 1.165) is 16.6 Å². The molecule has 0 spiro atoms. The molecule has 20 heavy (non-hydrogen) atoms. The zero-order valence-corrected chi connectivity index (χ0v) is 11.8. The summed E-state index contributed by atoms with van der Waals surface area (Å²) in [6, 6.07) is 6.31. The van der Waals surface area contributed by atoms with Crippen LogP contribution in [0.25, 0.3) is 10.8 Å². The topological polar surface area (TPSA) is 60.8 Å². The fourth-order valence-electron chi connectivity index (χ4n) is 2.66. The first kappa shape index (κ1) is 13.3. The van der Waals surface area contributed by atoms with Gasteiger partial charge in [0.05, 0.1) is 5.56 Å². The van der Waals surface area contributed by atoms with Gasteiger partial charge in [-0.3, -0.25) is 0 Å². The van der Waals surface area contributed by atoms with Crippen LogP contribution in [0, 0.1) is 0 Å². The van der Waals surface area contributed by atoms with E-state index in [1.54, 1.807) is 23.1 Å². The lowest BCUT2D eigenvalue weighted by Crippen LogP contribution is -2.24. The molecule has 4 nitrogen and oxygen atoms in total. The summed E-state index contributed by atoms with van der Waals surface area (Å²) in [5, 5.41) is 20.6. The molecule has 1 aliphatic rings. The molecule has 0 bridgehead atoms. The van der Waals surface area contributed by atoms with Crippen molar-refractivity contribution in [2.45, 2.75) is 11.4 Å². The van der Waals surface area contributed by atoms with E-state index in [4.69, 9.17) is 28.3 Å². The Morgan fingerprint density at radius 1 is 1.25 bits per heavy atom. The predicted molar refractivity (Wildman–Crippen MR) is 79.1 cm³/mol. The zero-order valence-electron chi connectivity index (χ0n) is 10.3. The Morgan fingerprint density at radius 3 is 2.65 bits per heavy atom. The summed E-state index contributed by atoms with van der Waals surface area (Å²) in [7, 11) is 0. The molecule has 0 amide bonds. The third kappa shape index (κ3) is 1.96. The average Bonchev–Trinajstić information content (AvgIpc) is 2.82. The fourth-order valence-corrected chi connectivity index (χ4v) is 3.06. The highest BCUT2D eigenvalue weighted by molar-refractivity contribution is 6.45. The third-order valence-corrected chi connectivity index (χ3v) is 4.07. The summed E-state index contributed by atoms with van der Waals surface area (Å²) >= 11 is 11.8. The van der Waals surface area contributed by atoms with Crippen LogP contribution in [0.3, 0.4) is 0 Å². The van der Waals surface area contributed by atoms with Crippen molar-refractivity contribution in [1.82, 2.24) is 0 Å². The number of halogens is 2. The summed E-state index contributed by atoms with van der Waals surface area (Å²) in [5.41, 5.74) is 1.91. The molecule has 3 rings (SSSR count). The Kier molecular flexibility index (Phi) is 3.15. The Morgan fingerprint density at radius 2 is 2.00 bits per heavy atom. The van der Waals surface area contributed by atoms with Crippen LogP contribution in [0.4, 0.5) is 5.69 Å². The van der Waals surface area contributed by atoms with Gasteiger partial charge >= 0.3 is 5.97 Å². The highest BCUT2D eigenvalue weighted by Gasteiger charge is 2.26. The van der Waals surface area contributed by atoms with Crippen LogP contribution in [-0.2, 0) is 6.42 Å². The van der Waals surface area contributed by atoms with E-state index in [0.29, 0.717) is 18.4 Å². The van der Waals surface area contributed by atoms with Crippen LogP contribution in [0.5, 0.6) is 5.75 Å². The standard InChI is InChI=1S/C14H11Cl2NO3/c15-14(16)17-4-3-8-10-5-7(13(19)20)1-2-9(10)12(18)6-11(8)17/h1-2,5-6,14,18H,3-4H2,(H,19,20). The first-order chi connectivity index (χ1) is 9.49. The van der Waals surface area contributed by atoms with Crippen molar-refractivity contribution in [3.63, 3.8) is 0 Å². The lowest BCUT2D eigenvalue weighted by Gasteiger charge is -2.21. The van der Waals surface area contributed by atoms with Gasteiger partial charge in [-0.2, -0.15) is 0 Å². The summed E-state index contributed by atoms with van der Waals surface area (Å²) < 4.78 is 0. The summed E-state index contributed by atoms with van der Waals surface area (Å²) in [4.78, 5) is 12.2. The Balaban J connectivity index is 2.29. The average molecular weight is 312 g/mol. The highest BCUT2D eigenvalue weighted by atomic mass is 35.5. The SMILES string of the molecule is O=C(O)c1ccc2c(O)cc3c(c2c1)CCN3C(Cl)Cl. The van der Waals surface area contributed by atoms with Gasteiger partial charge in [0.1, 0.15) is 5.75 Å². The second-order valence-electron chi connectivity index (χ2n) is 4.68. The molecular formula is C14H11Cl2NO3. The molecule has 2 N–H and O–H groups in total. The Labute approximate surface area is 125 Å². The number of aromatic hydroxyl groups is 1. The predicted octanol–water partition coefficient (Wildman–Crippen LogP) is 3.37. The number of aromatic carboxylic acids is 1. The van der Waals surface area contributed by atoms with Crippen LogP contribution in [0.1, 0.15) is 15.9 Å². The normalized spacial score (nSPS) is 14.1. The first-order valence-corrected chi connectivity index (χ1v) is 6.93. The number of carboxylic acid groups (broad SMARTS) is 1. The Hall–Kier alpha value is -1.65. The monoisotopic (exact) mass is 311 g/mol. The largest absolute Gasteiger partial charge is 0.507 e. The van der Waals surface area contributed by atoms with Crippen molar-refractivity contribution >= 4 is 45.6 Å². The minimum absolute atomic E-state index is 0.0940. The summed E-state index contributed by atoms with van der Waals surface area (Å²) in [5.74, 6) is -0.900. The Bertz CT molecular complexity index is 715. The number of benzene rings is 2. The zero-order chi connectivity index (χ0) is 14.4. The molecule has 0 unspecified atom stereocenters. The van der Waals surface area contributed by atoms with Crippen molar-refractivity contribution in [1.29, 1.82) is 0 Å². The van der Waals surface area contributed by atoms with Gasteiger partial charge in [0.15, 0.2) is 4.96 Å². The van der Waals surface area contributed by atoms with Crippen LogP contribution >= 0.6 is 23.2 Å². The van der Waals surface area contributed by atoms with E-state index in [2.05, 4.69) is 0 Å². The van der Waals surface area contributed by atoms with Crippen molar-refractivity contribution in [2.75, 3.05) is 11.4 Å². The molecule has 1 aliphatic heterocycles. The number of anilines is 1. The molecule has 0 aliphatic carbocycles. The molecular weight excluding hydrogens is 301 g/mol. The number of hydrogen-bond acceptors (Lipinski definition) is 3. The van der Waals surface area contributed by atoms with Gasteiger partial charge in [0.25, 0.3) is 0 Å². The minimum atomic E-state index is -0.994. The van der Waals surface area contributed by atoms with E-state index in [1.165, 1.54) is 6.07 Å². The van der Waals surface area contributed by atoms with Gasteiger partial charge in [-0.1, -0.05) is 23.2 Å². The second-order valence-corrected chi connectivity index (χ2v) is 5.73. The van der Waals surface area contributed by atoms with Crippen molar-refractivity contribution in [3.05, 3.63) is 35.4 Å². The van der Waals surface area contributed by atoms with Crippen LogP contribution in [-0.4, -0.2) is 27.7 Å². The van der Waals surface area contributed by atoms with E-state index in [1.807, 2.05) is 0 Å². The fraction of sp³-hybridized carbons (Fsp3) is 0.214. The number of carbonyl (C=O) groups is 1. The number of alkyl halides is 2. The van der Waals surface area contributed by atoms with Gasteiger partial charge in [-0.05, 0) is 35.6 Å². The van der Waals surface area contributed by atoms with Crippen molar-refractivity contribution in [3.8, 4) is 5.75 Å². The second kappa shape index (κ2) is 4.72. The summed E-state index contributed by atoms with van der Waals surface area (Å²) in [6.07, 6.45) is 0.713. The number of fused-ring (bicyclic) bond motifs is 3. The molecule has 104 valence electrons. The molecule has 2 aromatic carbocycles. The molecule has 0 saturated carbocycles. The van der Waals surface area contributed by atoms with E-state index in [-0.39, 0.29) is 11.3 Å². The van der Waals surface area contributed by atoms with Crippen LogP contribution in [0.15, 0.2) is 24.3 Å². The number of phenolic OH excluding ortho intramolecular Hbond substituents is 1. The maximum absolute atomic E-state index is 11.1. The number of phenols is 1. The van der Waals surface area contributed by atoms with Crippen molar-refractivity contribution in [2.24, 2.45) is 0 Å². The number of hydrogen-bond donors (Lipinski definition) is 2. The first-order valence-electron chi connectivity index (χ1n) is 6.05. The third-order valence-electron chi connectivity index (χ3n) is 3.60. The van der Waals surface area contributed by atoms with Crippen molar-refractivity contribution < 1.29 is 15.0 Å².